The molecule has 3 aromatic carbocycles. The minimum Gasteiger partial charge on any atom is -0.429 e. The Morgan fingerprint density at radius 1 is 0.842 bits per heavy atom. The molecular formula is C32H33F5O. The molecule has 0 atom stereocenters. The summed E-state index contributed by atoms with van der Waals surface area (Å²) < 4.78 is 71.5. The van der Waals surface area contributed by atoms with E-state index in [9.17, 15) is 17.6 Å². The summed E-state index contributed by atoms with van der Waals surface area (Å²) in [6.07, 6.45) is 12.7. The fraction of sp³-hybridized carbons (Fsp3) is 0.438. The minimum absolute atomic E-state index is 0.0784. The van der Waals surface area contributed by atoms with Crippen LogP contribution in [0.4, 0.5) is 22.0 Å². The van der Waals surface area contributed by atoms with Gasteiger partial charge in [0.1, 0.15) is 5.82 Å². The first-order valence-corrected chi connectivity index (χ1v) is 13.5. The second-order valence-corrected chi connectivity index (χ2v) is 10.3. The van der Waals surface area contributed by atoms with Crippen LogP contribution in [0.1, 0.15) is 81.4 Å². The second-order valence-electron chi connectivity index (χ2n) is 10.3. The van der Waals surface area contributed by atoms with E-state index >= 15 is 4.39 Å². The number of fused-ring (bicyclic) bond motifs is 1. The quantitative estimate of drug-likeness (QED) is 0.153. The second kappa shape index (κ2) is 13.1. The van der Waals surface area contributed by atoms with Crippen molar-refractivity contribution in [2.24, 2.45) is 11.8 Å². The number of alkyl halides is 2. The van der Waals surface area contributed by atoms with Crippen molar-refractivity contribution in [3.05, 3.63) is 76.6 Å². The lowest BCUT2D eigenvalue weighted by atomic mass is 9.77. The summed E-state index contributed by atoms with van der Waals surface area (Å²) in [7, 11) is 0. The topological polar surface area (TPSA) is 9.23 Å². The molecule has 0 N–H and O–H groups in total. The molecule has 0 aliphatic heterocycles. The van der Waals surface area contributed by atoms with Crippen molar-refractivity contribution in [3.63, 3.8) is 0 Å². The average Bonchev–Trinajstić information content (AvgIpc) is 2.90. The molecule has 0 bridgehead atoms. The van der Waals surface area contributed by atoms with Gasteiger partial charge >= 0.3 is 6.61 Å². The molecule has 1 saturated carbocycles. The fourth-order valence-corrected chi connectivity index (χ4v) is 5.43. The zero-order chi connectivity index (χ0) is 27.1. The summed E-state index contributed by atoms with van der Waals surface area (Å²) in [5.74, 6) is 2.45. The molecule has 1 nitrogen and oxygen atoms in total. The van der Waals surface area contributed by atoms with E-state index in [1.807, 2.05) is 12.1 Å². The molecule has 1 aliphatic rings. The zero-order valence-electron chi connectivity index (χ0n) is 21.6. The molecule has 0 unspecified atom stereocenters. The Labute approximate surface area is 221 Å². The van der Waals surface area contributed by atoms with Crippen LogP contribution in [0.15, 0.2) is 42.5 Å². The molecular weight excluding hydrogens is 495 g/mol. The Hall–Kier alpha value is -3.07. The van der Waals surface area contributed by atoms with Gasteiger partial charge in [-0.3, -0.25) is 0 Å². The summed E-state index contributed by atoms with van der Waals surface area (Å²) in [5, 5.41) is 1.20. The van der Waals surface area contributed by atoms with Crippen molar-refractivity contribution in [2.75, 3.05) is 0 Å². The van der Waals surface area contributed by atoms with E-state index in [0.29, 0.717) is 5.39 Å². The number of aryl methyl sites for hydroxylation is 1. The Kier molecular flexibility index (Phi) is 9.66. The Morgan fingerprint density at radius 3 is 2.18 bits per heavy atom. The van der Waals surface area contributed by atoms with Crippen LogP contribution in [0.25, 0.3) is 10.8 Å². The first-order chi connectivity index (χ1) is 18.3. The third kappa shape index (κ3) is 7.28. The van der Waals surface area contributed by atoms with Gasteiger partial charge in [0, 0.05) is 10.9 Å². The molecule has 4 rings (SSSR count). The van der Waals surface area contributed by atoms with Gasteiger partial charge in [-0.25, -0.2) is 13.2 Å². The Morgan fingerprint density at radius 2 is 1.53 bits per heavy atom. The average molecular weight is 529 g/mol. The molecule has 0 heterocycles. The number of benzene rings is 3. The van der Waals surface area contributed by atoms with E-state index in [2.05, 4.69) is 23.5 Å². The van der Waals surface area contributed by atoms with Crippen molar-refractivity contribution >= 4 is 10.8 Å². The minimum atomic E-state index is -3.36. The van der Waals surface area contributed by atoms with E-state index in [0.717, 1.165) is 42.2 Å². The fourth-order valence-electron chi connectivity index (χ4n) is 5.43. The van der Waals surface area contributed by atoms with Gasteiger partial charge in [-0.15, -0.1) is 0 Å². The maximum Gasteiger partial charge on any atom is 0.387 e. The zero-order valence-corrected chi connectivity index (χ0v) is 21.6. The van der Waals surface area contributed by atoms with Crippen LogP contribution in [-0.2, 0) is 6.42 Å². The van der Waals surface area contributed by atoms with Gasteiger partial charge in [0.2, 0.25) is 0 Å². The molecule has 38 heavy (non-hydrogen) atoms. The summed E-state index contributed by atoms with van der Waals surface area (Å²) in [4.78, 5) is 0. The van der Waals surface area contributed by atoms with Crippen molar-refractivity contribution < 1.29 is 26.7 Å². The summed E-state index contributed by atoms with van der Waals surface area (Å²) >= 11 is 0. The van der Waals surface area contributed by atoms with Crippen LogP contribution >= 0.6 is 0 Å². The highest BCUT2D eigenvalue weighted by Gasteiger charge is 2.21. The van der Waals surface area contributed by atoms with E-state index < -0.39 is 29.8 Å². The van der Waals surface area contributed by atoms with Crippen LogP contribution in [0.2, 0.25) is 0 Å². The number of hydrogen-bond donors (Lipinski definition) is 0. The monoisotopic (exact) mass is 528 g/mol. The first-order valence-electron chi connectivity index (χ1n) is 13.5. The maximum atomic E-state index is 15.1. The molecule has 0 amide bonds. The van der Waals surface area contributed by atoms with Gasteiger partial charge in [0.15, 0.2) is 17.4 Å². The lowest BCUT2D eigenvalue weighted by Gasteiger charge is -2.28. The molecule has 0 spiro atoms. The highest BCUT2D eigenvalue weighted by atomic mass is 19.3. The predicted octanol–water partition coefficient (Wildman–Crippen LogP) is 9.58. The number of ether oxygens (including phenoxy) is 1. The summed E-state index contributed by atoms with van der Waals surface area (Å²) in [6, 6.07) is 10.6. The molecule has 0 radical (unpaired) electrons. The SMILES string of the molecule is CCCCCC1CCC(CCc2ccc3c(F)c(C#Cc4cc(F)c(OC(F)F)c(F)c4)ccc3c2)CC1. The van der Waals surface area contributed by atoms with Crippen LogP contribution in [0.5, 0.6) is 5.75 Å². The standard InChI is InChI=1S/C32H33F5O/c1-2-3-4-5-21-6-8-22(9-7-21)10-11-23-13-17-27-26(18-23)16-15-25(30(27)35)14-12-24-19-28(33)31(29(34)20-24)38-32(36)37/h13,15-22,32H,2-11H2,1H3. The first kappa shape index (κ1) is 28.0. The largest absolute Gasteiger partial charge is 0.429 e. The van der Waals surface area contributed by atoms with Gasteiger partial charge < -0.3 is 4.74 Å². The van der Waals surface area contributed by atoms with Gasteiger partial charge in [-0.2, -0.15) is 8.78 Å². The molecule has 202 valence electrons. The Balaban J connectivity index is 1.39. The number of halogens is 5. The van der Waals surface area contributed by atoms with Gasteiger partial charge in [0.25, 0.3) is 0 Å². The van der Waals surface area contributed by atoms with E-state index in [1.54, 1.807) is 12.1 Å². The van der Waals surface area contributed by atoms with Crippen LogP contribution < -0.4 is 4.74 Å². The van der Waals surface area contributed by atoms with E-state index in [-0.39, 0.29) is 11.1 Å². The molecule has 1 fully saturated rings. The van der Waals surface area contributed by atoms with Gasteiger partial charge in [0.05, 0.1) is 5.56 Å². The molecule has 3 aromatic rings. The van der Waals surface area contributed by atoms with Gasteiger partial charge in [-0.05, 0) is 53.8 Å². The molecule has 0 saturated heterocycles. The molecule has 1 aliphatic carbocycles. The normalized spacial score (nSPS) is 17.4. The maximum absolute atomic E-state index is 15.1. The van der Waals surface area contributed by atoms with Crippen LogP contribution in [0.3, 0.4) is 0 Å². The van der Waals surface area contributed by atoms with E-state index in [1.165, 1.54) is 63.0 Å². The third-order valence-corrected chi connectivity index (χ3v) is 7.59. The van der Waals surface area contributed by atoms with Crippen molar-refractivity contribution in [2.45, 2.75) is 77.7 Å². The van der Waals surface area contributed by atoms with Gasteiger partial charge in [-0.1, -0.05) is 94.4 Å². The number of hydrogen-bond acceptors (Lipinski definition) is 1. The third-order valence-electron chi connectivity index (χ3n) is 7.59. The Bertz CT molecular complexity index is 1280. The van der Waals surface area contributed by atoms with Crippen LogP contribution in [-0.4, -0.2) is 6.61 Å². The van der Waals surface area contributed by atoms with Crippen molar-refractivity contribution in [3.8, 4) is 17.6 Å². The highest BCUT2D eigenvalue weighted by molar-refractivity contribution is 5.85. The lowest BCUT2D eigenvalue weighted by Crippen LogP contribution is -2.15. The summed E-state index contributed by atoms with van der Waals surface area (Å²) in [5.41, 5.74) is 1.14. The number of rotatable bonds is 9. The number of unbranched alkanes of at least 4 members (excludes halogenated alkanes) is 2. The highest BCUT2D eigenvalue weighted by Crippen LogP contribution is 2.34. The lowest BCUT2D eigenvalue weighted by molar-refractivity contribution is -0.0546. The predicted molar refractivity (Wildman–Crippen MR) is 141 cm³/mol. The molecule has 6 heteroatoms. The smallest absolute Gasteiger partial charge is 0.387 e. The van der Waals surface area contributed by atoms with Crippen LogP contribution in [0, 0.1) is 41.1 Å². The molecule has 0 aromatic heterocycles. The van der Waals surface area contributed by atoms with E-state index in [4.69, 9.17) is 0 Å². The van der Waals surface area contributed by atoms with Crippen molar-refractivity contribution in [1.29, 1.82) is 0 Å². The summed E-state index contributed by atoms with van der Waals surface area (Å²) in [6.45, 7) is -1.11. The van der Waals surface area contributed by atoms with Crippen molar-refractivity contribution in [1.82, 2.24) is 0 Å².